The van der Waals surface area contributed by atoms with Gasteiger partial charge in [0.1, 0.15) is 5.56 Å². The highest BCUT2D eigenvalue weighted by Gasteiger charge is 2.25. The molecule has 0 aliphatic rings. The van der Waals surface area contributed by atoms with E-state index >= 15 is 0 Å². The van der Waals surface area contributed by atoms with Gasteiger partial charge >= 0.3 is 5.97 Å². The predicted octanol–water partition coefficient (Wildman–Crippen LogP) is 2.71. The summed E-state index contributed by atoms with van der Waals surface area (Å²) in [5.41, 5.74) is 3.70. The molecule has 0 saturated carbocycles. The maximum absolute atomic E-state index is 13.3. The number of nitrogens with zero attached hydrogens (tertiary/aromatic N) is 3. The van der Waals surface area contributed by atoms with E-state index in [9.17, 15) is 9.59 Å². The number of carbonyl (C=O) groups is 2. The summed E-state index contributed by atoms with van der Waals surface area (Å²) in [6.45, 7) is 5.52. The summed E-state index contributed by atoms with van der Waals surface area (Å²) in [6, 6.07) is 6.46. The van der Waals surface area contributed by atoms with Gasteiger partial charge in [-0.1, -0.05) is 6.07 Å². The van der Waals surface area contributed by atoms with Gasteiger partial charge in [-0.25, -0.2) is 9.50 Å². The van der Waals surface area contributed by atoms with Crippen LogP contribution in [0, 0.1) is 20.8 Å². The second kappa shape index (κ2) is 9.03. The van der Waals surface area contributed by atoms with Gasteiger partial charge in [-0.3, -0.25) is 9.59 Å². The molecular weight excluding hydrogens is 400 g/mol. The number of ether oxygens (including phenoxy) is 3. The van der Waals surface area contributed by atoms with Gasteiger partial charge in [0.15, 0.2) is 17.1 Å². The average molecular weight is 426 g/mol. The van der Waals surface area contributed by atoms with Gasteiger partial charge in [-0.15, -0.1) is 0 Å². The van der Waals surface area contributed by atoms with E-state index in [1.807, 2.05) is 19.9 Å². The molecule has 31 heavy (non-hydrogen) atoms. The highest BCUT2D eigenvalue weighted by molar-refractivity contribution is 6.01. The van der Waals surface area contributed by atoms with Crippen LogP contribution in [0.2, 0.25) is 0 Å². The third-order valence-corrected chi connectivity index (χ3v) is 5.01. The van der Waals surface area contributed by atoms with Crippen LogP contribution in [0.15, 0.2) is 24.3 Å². The molecule has 2 aromatic heterocycles. The van der Waals surface area contributed by atoms with Crippen LogP contribution < -0.4 is 14.8 Å². The number of aryl methyl sites for hydroxylation is 3. The largest absolute Gasteiger partial charge is 0.493 e. The minimum atomic E-state index is -0.653. The highest BCUT2D eigenvalue weighted by Crippen LogP contribution is 2.31. The van der Waals surface area contributed by atoms with E-state index in [0.29, 0.717) is 34.0 Å². The summed E-state index contributed by atoms with van der Waals surface area (Å²) in [5.74, 6) is 0.197. The predicted molar refractivity (Wildman–Crippen MR) is 114 cm³/mol. The Morgan fingerprint density at radius 2 is 1.77 bits per heavy atom. The molecule has 164 valence electrons. The summed E-state index contributed by atoms with van der Waals surface area (Å²) in [6.07, 6.45) is -0.0541. The van der Waals surface area contributed by atoms with Crippen LogP contribution in [0.25, 0.3) is 5.65 Å². The van der Waals surface area contributed by atoms with E-state index in [0.717, 1.165) is 11.4 Å². The number of hydrogen-bond acceptors (Lipinski definition) is 7. The number of esters is 1. The number of amides is 1. The SMILES string of the molecule is COC(=O)C[C@@H](NC(=O)c1c(C)nn2c(C)cc(C)nc12)c1ccc(OC)c(OC)c1. The van der Waals surface area contributed by atoms with Gasteiger partial charge in [0.25, 0.3) is 5.91 Å². The number of aromatic nitrogens is 3. The average Bonchev–Trinajstić information content (AvgIpc) is 3.08. The number of hydrogen-bond donors (Lipinski definition) is 1. The van der Waals surface area contributed by atoms with Gasteiger partial charge in [0, 0.05) is 11.4 Å². The maximum atomic E-state index is 13.3. The monoisotopic (exact) mass is 426 g/mol. The molecule has 0 aliphatic carbocycles. The van der Waals surface area contributed by atoms with Crippen LogP contribution in [-0.4, -0.2) is 47.8 Å². The van der Waals surface area contributed by atoms with Crippen molar-refractivity contribution in [2.24, 2.45) is 0 Å². The van der Waals surface area contributed by atoms with Crippen molar-refractivity contribution in [3.05, 3.63) is 52.5 Å². The zero-order valence-corrected chi connectivity index (χ0v) is 18.5. The van der Waals surface area contributed by atoms with Crippen molar-refractivity contribution in [1.82, 2.24) is 19.9 Å². The summed E-state index contributed by atoms with van der Waals surface area (Å²) >= 11 is 0. The topological polar surface area (TPSA) is 104 Å². The van der Waals surface area contributed by atoms with Crippen molar-refractivity contribution < 1.29 is 23.8 Å². The molecule has 0 spiro atoms. The molecule has 2 heterocycles. The Balaban J connectivity index is 2.01. The Kier molecular flexibility index (Phi) is 6.43. The van der Waals surface area contributed by atoms with E-state index in [-0.39, 0.29) is 12.3 Å². The van der Waals surface area contributed by atoms with Crippen molar-refractivity contribution in [3.63, 3.8) is 0 Å². The Hall–Kier alpha value is -3.62. The van der Waals surface area contributed by atoms with Crippen LogP contribution in [0.3, 0.4) is 0 Å². The quantitative estimate of drug-likeness (QED) is 0.579. The molecule has 1 amide bonds. The van der Waals surface area contributed by atoms with Crippen molar-refractivity contribution in [2.75, 3.05) is 21.3 Å². The Bertz CT molecular complexity index is 1140. The van der Waals surface area contributed by atoms with Crippen molar-refractivity contribution in [1.29, 1.82) is 0 Å². The molecule has 3 rings (SSSR count). The lowest BCUT2D eigenvalue weighted by molar-refractivity contribution is -0.141. The van der Waals surface area contributed by atoms with E-state index in [2.05, 4.69) is 15.4 Å². The number of rotatable bonds is 7. The minimum absolute atomic E-state index is 0.0541. The summed E-state index contributed by atoms with van der Waals surface area (Å²) < 4.78 is 17.1. The highest BCUT2D eigenvalue weighted by atomic mass is 16.5. The fourth-order valence-electron chi connectivity index (χ4n) is 3.50. The first-order valence-corrected chi connectivity index (χ1v) is 9.72. The van der Waals surface area contributed by atoms with Gasteiger partial charge in [-0.2, -0.15) is 5.10 Å². The van der Waals surface area contributed by atoms with Crippen LogP contribution in [-0.2, 0) is 9.53 Å². The Labute approximate surface area is 180 Å². The van der Waals surface area contributed by atoms with Crippen molar-refractivity contribution in [3.8, 4) is 11.5 Å². The molecule has 9 nitrogen and oxygen atoms in total. The van der Waals surface area contributed by atoms with Gasteiger partial charge in [-0.05, 0) is 44.5 Å². The number of methoxy groups -OCH3 is 3. The molecule has 0 fully saturated rings. The molecule has 0 aliphatic heterocycles. The van der Waals surface area contributed by atoms with E-state index in [1.54, 1.807) is 29.6 Å². The normalized spacial score (nSPS) is 11.8. The summed E-state index contributed by atoms with van der Waals surface area (Å²) in [5, 5.41) is 7.38. The molecular formula is C22H26N4O5. The Morgan fingerprint density at radius 3 is 2.42 bits per heavy atom. The molecule has 1 aromatic carbocycles. The lowest BCUT2D eigenvalue weighted by Crippen LogP contribution is -2.31. The molecule has 9 heteroatoms. The molecule has 1 N–H and O–H groups in total. The van der Waals surface area contributed by atoms with Gasteiger partial charge < -0.3 is 19.5 Å². The zero-order valence-electron chi connectivity index (χ0n) is 18.5. The summed E-state index contributed by atoms with van der Waals surface area (Å²) in [7, 11) is 4.37. The lowest BCUT2D eigenvalue weighted by atomic mass is 10.0. The first kappa shape index (κ1) is 22.1. The smallest absolute Gasteiger partial charge is 0.307 e. The first-order valence-electron chi connectivity index (χ1n) is 9.72. The summed E-state index contributed by atoms with van der Waals surface area (Å²) in [4.78, 5) is 29.8. The van der Waals surface area contributed by atoms with E-state index < -0.39 is 12.0 Å². The molecule has 0 saturated heterocycles. The maximum Gasteiger partial charge on any atom is 0.307 e. The number of carbonyl (C=O) groups excluding carboxylic acids is 2. The third kappa shape index (κ3) is 4.45. The van der Waals surface area contributed by atoms with Crippen molar-refractivity contribution in [2.45, 2.75) is 33.2 Å². The molecule has 3 aromatic rings. The molecule has 0 radical (unpaired) electrons. The van der Waals surface area contributed by atoms with Crippen LogP contribution in [0.4, 0.5) is 0 Å². The number of fused-ring (bicyclic) bond motifs is 1. The van der Waals surface area contributed by atoms with E-state index in [4.69, 9.17) is 14.2 Å². The number of benzene rings is 1. The standard InChI is InChI=1S/C22H26N4O5/c1-12-9-13(2)26-21(23-12)20(14(3)25-26)22(28)24-16(11-19(27)31-6)15-7-8-17(29-4)18(10-15)30-5/h7-10,16H,11H2,1-6H3,(H,24,28)/t16-/m1/s1. The molecule has 0 bridgehead atoms. The van der Waals surface area contributed by atoms with Gasteiger partial charge in [0.2, 0.25) is 0 Å². The first-order chi connectivity index (χ1) is 14.8. The van der Waals surface area contributed by atoms with Crippen LogP contribution in [0.1, 0.15) is 45.5 Å². The second-order valence-electron chi connectivity index (χ2n) is 7.16. The van der Waals surface area contributed by atoms with Crippen LogP contribution >= 0.6 is 0 Å². The van der Waals surface area contributed by atoms with Gasteiger partial charge in [0.05, 0.1) is 39.5 Å². The third-order valence-electron chi connectivity index (χ3n) is 5.01. The van der Waals surface area contributed by atoms with Crippen LogP contribution in [0.5, 0.6) is 11.5 Å². The number of nitrogens with one attached hydrogen (secondary N) is 1. The fraction of sp³-hybridized carbons (Fsp3) is 0.364. The molecule has 1 atom stereocenters. The fourth-order valence-corrected chi connectivity index (χ4v) is 3.50. The minimum Gasteiger partial charge on any atom is -0.493 e. The van der Waals surface area contributed by atoms with E-state index in [1.165, 1.54) is 21.3 Å². The molecule has 0 unspecified atom stereocenters. The second-order valence-corrected chi connectivity index (χ2v) is 7.16. The lowest BCUT2D eigenvalue weighted by Gasteiger charge is -2.19. The van der Waals surface area contributed by atoms with Crippen molar-refractivity contribution >= 4 is 17.5 Å². The zero-order chi connectivity index (χ0) is 22.7. The Morgan fingerprint density at radius 1 is 1.06 bits per heavy atom.